The molecule has 0 saturated carbocycles. The molecule has 0 bridgehead atoms. The van der Waals surface area contributed by atoms with Crippen LogP contribution < -0.4 is 16.4 Å². The Labute approximate surface area is 170 Å². The number of nitrogens with one attached hydrogen (secondary N) is 3. The van der Waals surface area contributed by atoms with Gasteiger partial charge >= 0.3 is 6.03 Å². The lowest BCUT2D eigenvalue weighted by Gasteiger charge is -2.11. The van der Waals surface area contributed by atoms with E-state index < -0.39 is 11.8 Å². The van der Waals surface area contributed by atoms with Crippen LogP contribution in [0.2, 0.25) is 0 Å². The predicted octanol–water partition coefficient (Wildman–Crippen LogP) is 3.86. The number of anilines is 3. The number of nitrogen functional groups attached to an aromatic ring is 1. The predicted molar refractivity (Wildman–Crippen MR) is 112 cm³/mol. The van der Waals surface area contributed by atoms with Crippen molar-refractivity contribution in [3.05, 3.63) is 77.5 Å². The van der Waals surface area contributed by atoms with Gasteiger partial charge in [0.1, 0.15) is 23.6 Å². The highest BCUT2D eigenvalue weighted by Crippen LogP contribution is 2.24. The molecule has 150 valence electrons. The average Bonchev–Trinajstić information content (AvgIpc) is 3.16. The van der Waals surface area contributed by atoms with Gasteiger partial charge in [-0.05, 0) is 36.8 Å². The number of hydrogen-bond donors (Lipinski definition) is 4. The first-order valence-corrected chi connectivity index (χ1v) is 8.99. The van der Waals surface area contributed by atoms with Crippen LogP contribution in [0, 0.1) is 12.7 Å². The van der Waals surface area contributed by atoms with E-state index in [-0.39, 0.29) is 11.6 Å². The van der Waals surface area contributed by atoms with Crippen LogP contribution in [0.3, 0.4) is 0 Å². The highest BCUT2D eigenvalue weighted by molar-refractivity contribution is 6.18. The lowest BCUT2D eigenvalue weighted by Crippen LogP contribution is -2.20. The second-order valence-corrected chi connectivity index (χ2v) is 6.63. The summed E-state index contributed by atoms with van der Waals surface area (Å²) < 4.78 is 13.4. The monoisotopic (exact) mass is 404 g/mol. The van der Waals surface area contributed by atoms with E-state index in [4.69, 9.17) is 5.73 Å². The molecule has 0 aliphatic rings. The van der Waals surface area contributed by atoms with Crippen LogP contribution in [0.5, 0.6) is 0 Å². The minimum absolute atomic E-state index is 0.198. The number of carbonyl (C=O) groups excluding carboxylic acids is 2. The highest BCUT2D eigenvalue weighted by atomic mass is 19.1. The van der Waals surface area contributed by atoms with Crippen LogP contribution in [0.1, 0.15) is 21.5 Å². The molecule has 5 N–H and O–H groups in total. The van der Waals surface area contributed by atoms with Crippen LogP contribution >= 0.6 is 0 Å². The van der Waals surface area contributed by atoms with Crippen molar-refractivity contribution < 1.29 is 14.0 Å². The number of benzene rings is 2. The van der Waals surface area contributed by atoms with Gasteiger partial charge in [0.05, 0.1) is 10.9 Å². The fourth-order valence-corrected chi connectivity index (χ4v) is 3.07. The quantitative estimate of drug-likeness (QED) is 0.384. The fraction of sp³-hybridized carbons (Fsp3) is 0.0476. The number of hydrogen-bond acceptors (Lipinski definition) is 5. The summed E-state index contributed by atoms with van der Waals surface area (Å²) in [5.74, 6) is -0.554. The summed E-state index contributed by atoms with van der Waals surface area (Å²) in [4.78, 5) is 36.2. The number of amides is 2. The molecule has 8 nitrogen and oxygen atoms in total. The van der Waals surface area contributed by atoms with E-state index in [2.05, 4.69) is 25.6 Å². The van der Waals surface area contributed by atoms with Crippen molar-refractivity contribution in [2.45, 2.75) is 6.92 Å². The number of nitrogens with two attached hydrogens (primary N) is 1. The summed E-state index contributed by atoms with van der Waals surface area (Å²) in [5.41, 5.74) is 8.51. The number of H-pyrrole nitrogens is 1. The Balaban J connectivity index is 1.56. The molecule has 0 atom stereocenters. The van der Waals surface area contributed by atoms with Crippen LogP contribution in [0.15, 0.2) is 55.0 Å². The summed E-state index contributed by atoms with van der Waals surface area (Å²) in [6, 6.07) is 10.0. The number of halogens is 1. The third kappa shape index (κ3) is 3.68. The molecular formula is C21H17FN6O2. The van der Waals surface area contributed by atoms with Gasteiger partial charge in [0, 0.05) is 23.1 Å². The molecule has 4 rings (SSSR count). The smallest absolute Gasteiger partial charge is 0.323 e. The topological polar surface area (TPSA) is 126 Å². The number of urea groups is 1. The molecule has 0 spiro atoms. The fourth-order valence-electron chi connectivity index (χ4n) is 3.07. The van der Waals surface area contributed by atoms with Gasteiger partial charge in [-0.25, -0.2) is 19.2 Å². The molecule has 9 heteroatoms. The first-order valence-electron chi connectivity index (χ1n) is 8.99. The summed E-state index contributed by atoms with van der Waals surface area (Å²) in [6.07, 6.45) is 2.84. The van der Waals surface area contributed by atoms with Crippen molar-refractivity contribution in [3.63, 3.8) is 0 Å². The normalized spacial score (nSPS) is 10.7. The highest BCUT2D eigenvalue weighted by Gasteiger charge is 2.18. The van der Waals surface area contributed by atoms with Crippen molar-refractivity contribution in [1.29, 1.82) is 0 Å². The number of aryl methyl sites for hydroxylation is 1. The van der Waals surface area contributed by atoms with Gasteiger partial charge in [0.2, 0.25) is 0 Å². The van der Waals surface area contributed by atoms with Crippen LogP contribution in [-0.2, 0) is 0 Å². The zero-order valence-electron chi connectivity index (χ0n) is 15.9. The lowest BCUT2D eigenvalue weighted by atomic mass is 10.0. The summed E-state index contributed by atoms with van der Waals surface area (Å²) in [7, 11) is 0. The molecule has 2 aromatic heterocycles. The van der Waals surface area contributed by atoms with Gasteiger partial charge in [-0.3, -0.25) is 4.79 Å². The Hall–Kier alpha value is -4.27. The molecule has 0 aliphatic heterocycles. The number of aromatic amines is 1. The Kier molecular flexibility index (Phi) is 4.85. The van der Waals surface area contributed by atoms with Gasteiger partial charge in [-0.15, -0.1) is 0 Å². The van der Waals surface area contributed by atoms with Gasteiger partial charge in [0.15, 0.2) is 5.78 Å². The lowest BCUT2D eigenvalue weighted by molar-refractivity contribution is 0.104. The third-order valence-electron chi connectivity index (χ3n) is 4.57. The molecule has 0 saturated heterocycles. The van der Waals surface area contributed by atoms with Crippen LogP contribution in [0.4, 0.5) is 26.4 Å². The number of ketones is 1. The second-order valence-electron chi connectivity index (χ2n) is 6.63. The summed E-state index contributed by atoms with van der Waals surface area (Å²) in [5, 5.41) is 5.68. The third-order valence-corrected chi connectivity index (χ3v) is 4.57. The van der Waals surface area contributed by atoms with Crippen molar-refractivity contribution >= 4 is 40.0 Å². The van der Waals surface area contributed by atoms with E-state index >= 15 is 0 Å². The zero-order chi connectivity index (χ0) is 21.3. The van der Waals surface area contributed by atoms with Gasteiger partial charge in [0.25, 0.3) is 0 Å². The Morgan fingerprint density at radius 3 is 2.77 bits per heavy atom. The van der Waals surface area contributed by atoms with E-state index in [1.807, 2.05) is 0 Å². The van der Waals surface area contributed by atoms with Crippen molar-refractivity contribution in [2.24, 2.45) is 0 Å². The molecule has 2 heterocycles. The molecule has 30 heavy (non-hydrogen) atoms. The molecule has 0 aliphatic carbocycles. The van der Waals surface area contributed by atoms with E-state index in [9.17, 15) is 14.0 Å². The largest absolute Gasteiger partial charge is 0.383 e. The summed E-state index contributed by atoms with van der Waals surface area (Å²) >= 11 is 0. The van der Waals surface area contributed by atoms with Gasteiger partial charge in [-0.2, -0.15) is 0 Å². The van der Waals surface area contributed by atoms with E-state index in [0.717, 1.165) is 5.56 Å². The van der Waals surface area contributed by atoms with E-state index in [1.165, 1.54) is 24.7 Å². The minimum atomic E-state index is -0.557. The molecular weight excluding hydrogens is 387 g/mol. The molecule has 0 fully saturated rings. The van der Waals surface area contributed by atoms with Crippen LogP contribution in [-0.4, -0.2) is 26.8 Å². The molecule has 0 unspecified atom stereocenters. The van der Waals surface area contributed by atoms with E-state index in [0.29, 0.717) is 33.5 Å². The molecule has 4 aromatic rings. The minimum Gasteiger partial charge on any atom is -0.383 e. The number of nitrogens with zero attached hydrogens (tertiary/aromatic N) is 2. The standard InChI is InChI=1S/C21H17FN6O2/c1-11-5-6-13(22)8-16(11)28-21(30)27-14-4-2-3-12(7-14)18(29)15-9-24-20-17(15)19(23)25-10-26-20/h2-10H,1H3,(H2,27,28,30)(H3,23,24,25,26). The Bertz CT molecular complexity index is 1280. The molecule has 2 aromatic carbocycles. The number of carbonyl (C=O) groups is 2. The SMILES string of the molecule is Cc1ccc(F)cc1NC(=O)Nc1cccc(C(=O)c2c[nH]c3ncnc(N)c23)c1. The Morgan fingerprint density at radius 2 is 1.93 bits per heavy atom. The van der Waals surface area contributed by atoms with Gasteiger partial charge < -0.3 is 21.4 Å². The number of rotatable bonds is 4. The first-order chi connectivity index (χ1) is 14.4. The number of aromatic nitrogens is 3. The molecule has 0 radical (unpaired) electrons. The Morgan fingerprint density at radius 1 is 1.10 bits per heavy atom. The van der Waals surface area contributed by atoms with E-state index in [1.54, 1.807) is 37.3 Å². The van der Waals surface area contributed by atoms with Crippen molar-refractivity contribution in [1.82, 2.24) is 15.0 Å². The second kappa shape index (κ2) is 7.63. The first kappa shape index (κ1) is 19.1. The van der Waals surface area contributed by atoms with Crippen LogP contribution in [0.25, 0.3) is 11.0 Å². The zero-order valence-corrected chi connectivity index (χ0v) is 15.9. The van der Waals surface area contributed by atoms with Crippen molar-refractivity contribution in [2.75, 3.05) is 16.4 Å². The maximum absolute atomic E-state index is 13.4. The summed E-state index contributed by atoms with van der Waals surface area (Å²) in [6.45, 7) is 1.75. The van der Waals surface area contributed by atoms with Crippen molar-refractivity contribution in [3.8, 4) is 0 Å². The van der Waals surface area contributed by atoms with Gasteiger partial charge in [-0.1, -0.05) is 18.2 Å². The number of fused-ring (bicyclic) bond motifs is 1. The maximum Gasteiger partial charge on any atom is 0.323 e. The maximum atomic E-state index is 13.4. The average molecular weight is 404 g/mol. The molecule has 2 amide bonds.